The summed E-state index contributed by atoms with van der Waals surface area (Å²) in [6, 6.07) is 27.3. The Morgan fingerprint density at radius 2 is 1.56 bits per heavy atom. The van der Waals surface area contributed by atoms with Crippen LogP contribution in [0, 0.1) is 0 Å². The molecule has 0 saturated carbocycles. The number of hydrogen-bond acceptors (Lipinski definition) is 1. The van der Waals surface area contributed by atoms with Gasteiger partial charge in [0.15, 0.2) is 0 Å². The molecule has 2 heteroatoms. The van der Waals surface area contributed by atoms with E-state index in [4.69, 9.17) is 0 Å². The van der Waals surface area contributed by atoms with Crippen molar-refractivity contribution in [1.29, 1.82) is 0 Å². The van der Waals surface area contributed by atoms with Crippen molar-refractivity contribution in [2.45, 2.75) is 13.0 Å². The molecule has 0 spiro atoms. The Hall–Kier alpha value is -3.39. The predicted octanol–water partition coefficient (Wildman–Crippen LogP) is 5.25. The number of aromatic nitrogens is 1. The first-order chi connectivity index (χ1) is 13.3. The van der Waals surface area contributed by atoms with Crippen molar-refractivity contribution in [1.82, 2.24) is 4.57 Å². The number of carbonyl (C=O) groups excluding carboxylic acids is 1. The molecule has 0 bridgehead atoms. The van der Waals surface area contributed by atoms with E-state index in [0.29, 0.717) is 6.42 Å². The molecule has 1 aromatic heterocycles. The van der Waals surface area contributed by atoms with Gasteiger partial charge < -0.3 is 4.57 Å². The third-order valence-electron chi connectivity index (χ3n) is 5.38. The molecule has 3 aromatic carbocycles. The maximum atomic E-state index is 11.8. The van der Waals surface area contributed by atoms with E-state index in [1.807, 2.05) is 12.1 Å². The molecule has 0 N–H and O–H groups in total. The van der Waals surface area contributed by atoms with E-state index < -0.39 is 0 Å². The van der Waals surface area contributed by atoms with E-state index in [-0.39, 0.29) is 0 Å². The lowest BCUT2D eigenvalue weighted by atomic mass is 9.97. The first-order valence-corrected chi connectivity index (χ1v) is 9.24. The van der Waals surface area contributed by atoms with Crippen LogP contribution in [0.5, 0.6) is 0 Å². The summed E-state index contributed by atoms with van der Waals surface area (Å²) in [5.41, 5.74) is 7.98. The average Bonchev–Trinajstić information content (AvgIpc) is 3.27. The second kappa shape index (κ2) is 6.40. The Morgan fingerprint density at radius 3 is 2.41 bits per heavy atom. The topological polar surface area (TPSA) is 22.0 Å². The van der Waals surface area contributed by atoms with E-state index in [1.165, 1.54) is 27.6 Å². The van der Waals surface area contributed by atoms with Gasteiger partial charge in [0.1, 0.15) is 6.29 Å². The monoisotopic (exact) mass is 349 g/mol. The Morgan fingerprint density at radius 1 is 0.815 bits per heavy atom. The molecule has 0 amide bonds. The molecule has 0 aliphatic heterocycles. The molecule has 0 atom stereocenters. The van der Waals surface area contributed by atoms with Gasteiger partial charge in [0.05, 0.1) is 0 Å². The SMILES string of the molecule is O=CC1=C(c2cn(Cc3ccccc3)c3ccccc23)c2ccccc2C1. The zero-order valence-electron chi connectivity index (χ0n) is 14.9. The molecule has 0 fully saturated rings. The predicted molar refractivity (Wildman–Crippen MR) is 110 cm³/mol. The van der Waals surface area contributed by atoms with Crippen LogP contribution in [-0.4, -0.2) is 10.9 Å². The number of rotatable bonds is 4. The van der Waals surface area contributed by atoms with Crippen molar-refractivity contribution in [3.63, 3.8) is 0 Å². The van der Waals surface area contributed by atoms with Gasteiger partial charge in [-0.2, -0.15) is 0 Å². The molecule has 1 heterocycles. The number of hydrogen-bond donors (Lipinski definition) is 0. The van der Waals surface area contributed by atoms with Crippen LogP contribution >= 0.6 is 0 Å². The van der Waals surface area contributed by atoms with Crippen molar-refractivity contribution >= 4 is 22.8 Å². The molecule has 0 radical (unpaired) electrons. The average molecular weight is 349 g/mol. The molecule has 4 aromatic rings. The van der Waals surface area contributed by atoms with E-state index in [2.05, 4.69) is 77.5 Å². The fourth-order valence-electron chi connectivity index (χ4n) is 4.16. The number of nitrogens with zero attached hydrogens (tertiary/aromatic N) is 1. The van der Waals surface area contributed by atoms with E-state index in [9.17, 15) is 4.79 Å². The van der Waals surface area contributed by atoms with Crippen molar-refractivity contribution in [2.75, 3.05) is 0 Å². The van der Waals surface area contributed by atoms with Crippen LogP contribution in [0.1, 0.15) is 22.3 Å². The third-order valence-corrected chi connectivity index (χ3v) is 5.38. The number of fused-ring (bicyclic) bond motifs is 2. The van der Waals surface area contributed by atoms with Gasteiger partial charge in [-0.05, 0) is 28.3 Å². The van der Waals surface area contributed by atoms with Crippen LogP contribution in [0.4, 0.5) is 0 Å². The molecule has 1 aliphatic rings. The van der Waals surface area contributed by atoms with Crippen molar-refractivity contribution in [3.8, 4) is 0 Å². The summed E-state index contributed by atoms with van der Waals surface area (Å²) in [4.78, 5) is 11.8. The summed E-state index contributed by atoms with van der Waals surface area (Å²) in [6.07, 6.45) is 3.95. The minimum absolute atomic E-state index is 0.715. The Bertz CT molecular complexity index is 1180. The lowest BCUT2D eigenvalue weighted by Crippen LogP contribution is -1.97. The lowest BCUT2D eigenvalue weighted by Gasteiger charge is -2.06. The highest BCUT2D eigenvalue weighted by Crippen LogP contribution is 2.40. The van der Waals surface area contributed by atoms with E-state index in [1.54, 1.807) is 0 Å². The fraction of sp³-hybridized carbons (Fsp3) is 0.0800. The zero-order valence-corrected chi connectivity index (χ0v) is 14.9. The first-order valence-electron chi connectivity index (χ1n) is 9.24. The van der Waals surface area contributed by atoms with Crippen LogP contribution in [-0.2, 0) is 17.8 Å². The highest BCUT2D eigenvalue weighted by atomic mass is 16.1. The second-order valence-corrected chi connectivity index (χ2v) is 7.03. The lowest BCUT2D eigenvalue weighted by molar-refractivity contribution is -0.104. The number of allylic oxidation sites excluding steroid dienone is 1. The van der Waals surface area contributed by atoms with E-state index >= 15 is 0 Å². The normalized spacial score (nSPS) is 13.2. The van der Waals surface area contributed by atoms with Crippen molar-refractivity contribution in [3.05, 3.63) is 113 Å². The zero-order chi connectivity index (χ0) is 18.2. The molecule has 130 valence electrons. The van der Waals surface area contributed by atoms with Crippen LogP contribution in [0.25, 0.3) is 16.5 Å². The van der Waals surface area contributed by atoms with Crippen molar-refractivity contribution < 1.29 is 4.79 Å². The smallest absolute Gasteiger partial charge is 0.147 e. The second-order valence-electron chi connectivity index (χ2n) is 7.03. The van der Waals surface area contributed by atoms with Crippen molar-refractivity contribution in [2.24, 2.45) is 0 Å². The molecule has 2 nitrogen and oxygen atoms in total. The summed E-state index contributed by atoms with van der Waals surface area (Å²) in [5.74, 6) is 0. The molecular formula is C25H19NO. The van der Waals surface area contributed by atoms with Gasteiger partial charge in [0, 0.05) is 41.2 Å². The Kier molecular flexibility index (Phi) is 3.75. The Balaban J connectivity index is 1.72. The van der Waals surface area contributed by atoms with Crippen LogP contribution in [0.2, 0.25) is 0 Å². The largest absolute Gasteiger partial charge is 0.342 e. The van der Waals surface area contributed by atoms with Gasteiger partial charge in [-0.15, -0.1) is 0 Å². The number of carbonyl (C=O) groups is 1. The fourth-order valence-corrected chi connectivity index (χ4v) is 4.16. The number of aldehydes is 1. The van der Waals surface area contributed by atoms with Gasteiger partial charge in [0.25, 0.3) is 0 Å². The summed E-state index contributed by atoms with van der Waals surface area (Å²) >= 11 is 0. The number of benzene rings is 3. The molecule has 5 rings (SSSR count). The maximum Gasteiger partial charge on any atom is 0.147 e. The van der Waals surface area contributed by atoms with Gasteiger partial charge in [-0.1, -0.05) is 72.8 Å². The maximum absolute atomic E-state index is 11.8. The quantitative estimate of drug-likeness (QED) is 0.461. The van der Waals surface area contributed by atoms with Gasteiger partial charge in [-0.25, -0.2) is 0 Å². The molecule has 27 heavy (non-hydrogen) atoms. The van der Waals surface area contributed by atoms with Crippen LogP contribution in [0.3, 0.4) is 0 Å². The molecular weight excluding hydrogens is 330 g/mol. The molecule has 1 aliphatic carbocycles. The van der Waals surface area contributed by atoms with Crippen LogP contribution in [0.15, 0.2) is 90.6 Å². The number of para-hydroxylation sites is 1. The first kappa shape index (κ1) is 15.8. The van der Waals surface area contributed by atoms with Gasteiger partial charge in [-0.3, -0.25) is 4.79 Å². The van der Waals surface area contributed by atoms with E-state index in [0.717, 1.165) is 29.5 Å². The summed E-state index contributed by atoms with van der Waals surface area (Å²) in [6.45, 7) is 0.812. The summed E-state index contributed by atoms with van der Waals surface area (Å²) < 4.78 is 2.29. The minimum atomic E-state index is 0.715. The van der Waals surface area contributed by atoms with Crippen LogP contribution < -0.4 is 0 Å². The summed E-state index contributed by atoms with van der Waals surface area (Å²) in [5, 5.41) is 1.19. The summed E-state index contributed by atoms with van der Waals surface area (Å²) in [7, 11) is 0. The van der Waals surface area contributed by atoms with Gasteiger partial charge >= 0.3 is 0 Å². The highest BCUT2D eigenvalue weighted by Gasteiger charge is 2.24. The third kappa shape index (κ3) is 2.61. The minimum Gasteiger partial charge on any atom is -0.342 e. The standard InChI is InChI=1S/C25H19NO/c27-17-20-14-19-10-4-5-11-21(19)25(20)23-16-26(15-18-8-2-1-3-9-18)24-13-7-6-12-22(23)24/h1-13,16-17H,14-15H2. The Labute approximate surface area is 158 Å². The highest BCUT2D eigenvalue weighted by molar-refractivity contribution is 6.05. The van der Waals surface area contributed by atoms with Gasteiger partial charge in [0.2, 0.25) is 0 Å². The molecule has 0 saturated heterocycles. The molecule has 0 unspecified atom stereocenters.